The maximum Gasteiger partial charge on any atom is 0.161 e. The smallest absolute Gasteiger partial charge is 0.161 e. The molecule has 0 saturated carbocycles. The van der Waals surface area contributed by atoms with E-state index in [1.807, 2.05) is 0 Å². The van der Waals surface area contributed by atoms with Crippen molar-refractivity contribution in [2.75, 3.05) is 0 Å². The molecule has 0 aromatic rings. The molecule has 0 aromatic heterocycles. The Morgan fingerprint density at radius 3 is 2.50 bits per heavy atom. The molecule has 0 heterocycles. The topological polar surface area (TPSA) is 0 Å². The Bertz CT molecular complexity index is 60.8. The summed E-state index contributed by atoms with van der Waals surface area (Å²) in [6, 6.07) is 0. The van der Waals surface area contributed by atoms with Crippen molar-refractivity contribution < 1.29 is 4.39 Å². The second-order valence-corrected chi connectivity index (χ2v) is 1.02. The van der Waals surface area contributed by atoms with Crippen LogP contribution in [0.25, 0.3) is 0 Å². The van der Waals surface area contributed by atoms with Crippen molar-refractivity contribution in [3.63, 3.8) is 0 Å². The van der Waals surface area contributed by atoms with Crippen molar-refractivity contribution in [3.8, 4) is 5.92 Å². The third kappa shape index (κ3) is 1.78. The molecule has 0 spiro atoms. The van der Waals surface area contributed by atoms with Gasteiger partial charge in [0.25, 0.3) is 0 Å². The summed E-state index contributed by atoms with van der Waals surface area (Å²) < 4.78 is 11.6. The zero-order chi connectivity index (χ0) is 4.99. The molecule has 0 aliphatic heterocycles. The van der Waals surface area contributed by atoms with Crippen molar-refractivity contribution >= 4 is 0 Å². The van der Waals surface area contributed by atoms with E-state index >= 15 is 0 Å². The van der Waals surface area contributed by atoms with E-state index < -0.39 is 6.17 Å². The Balaban J connectivity index is 3.04. The lowest BCUT2D eigenvalue weighted by Crippen LogP contribution is -1.88. The molecule has 0 amide bonds. The first-order chi connectivity index (χ1) is 2.81. The minimum absolute atomic E-state index is 0.365. The molecule has 0 aromatic carbocycles. The average molecular weight is 85.1 g/mol. The van der Waals surface area contributed by atoms with Gasteiger partial charge in [0, 0.05) is 0 Å². The summed E-state index contributed by atoms with van der Waals surface area (Å²) in [6.45, 7) is 1.67. The van der Waals surface area contributed by atoms with E-state index in [0.29, 0.717) is 6.42 Å². The Morgan fingerprint density at radius 2 is 2.50 bits per heavy atom. The quantitative estimate of drug-likeness (QED) is 0.421. The summed E-state index contributed by atoms with van der Waals surface area (Å²) in [7, 11) is 0. The van der Waals surface area contributed by atoms with Gasteiger partial charge in [0.2, 0.25) is 0 Å². The van der Waals surface area contributed by atoms with Gasteiger partial charge in [0.15, 0.2) is 6.17 Å². The maximum absolute atomic E-state index is 11.6. The number of alkyl halides is 1. The van der Waals surface area contributed by atoms with Crippen LogP contribution in [0.4, 0.5) is 4.39 Å². The molecular formula is C5H6F. The Labute approximate surface area is 37.4 Å². The molecule has 0 bridgehead atoms. The predicted octanol–water partition coefficient (Wildman–Crippen LogP) is 1.32. The molecule has 1 heteroatoms. The molecule has 0 rings (SSSR count). The molecular weight excluding hydrogens is 79.1 g/mol. The molecule has 33 valence electrons. The van der Waals surface area contributed by atoms with Gasteiger partial charge in [-0.25, -0.2) is 4.39 Å². The Kier molecular flexibility index (Phi) is 2.48. The van der Waals surface area contributed by atoms with Crippen LogP contribution in [0.5, 0.6) is 0 Å². The van der Waals surface area contributed by atoms with Gasteiger partial charge in [0.05, 0.1) is 0 Å². The van der Waals surface area contributed by atoms with Gasteiger partial charge in [-0.2, -0.15) is 0 Å². The van der Waals surface area contributed by atoms with E-state index in [9.17, 15) is 4.39 Å². The normalized spacial score (nSPS) is 12.8. The molecule has 0 aliphatic carbocycles. The zero-order valence-corrected chi connectivity index (χ0v) is 3.66. The largest absolute Gasteiger partial charge is 0.233 e. The summed E-state index contributed by atoms with van der Waals surface area (Å²) in [5.41, 5.74) is 0. The molecule has 1 atom stereocenters. The molecule has 1 radical (unpaired) electrons. The molecule has 6 heavy (non-hydrogen) atoms. The highest BCUT2D eigenvalue weighted by molar-refractivity contribution is 4.85. The highest BCUT2D eigenvalue weighted by Gasteiger charge is 1.90. The second kappa shape index (κ2) is 2.71. The standard InChI is InChI=1S/C5H6F/c1-3-5(6)4-2/h5H,3H2,1H3. The summed E-state index contributed by atoms with van der Waals surface area (Å²) in [5.74, 6) is 1.70. The summed E-state index contributed by atoms with van der Waals surface area (Å²) in [5, 5.41) is 0. The van der Waals surface area contributed by atoms with Crippen LogP contribution in [0.3, 0.4) is 0 Å². The summed E-state index contributed by atoms with van der Waals surface area (Å²) >= 11 is 0. The van der Waals surface area contributed by atoms with Crippen LogP contribution in [-0.2, 0) is 0 Å². The van der Waals surface area contributed by atoms with E-state index in [1.165, 1.54) is 0 Å². The van der Waals surface area contributed by atoms with Crippen LogP contribution in [0.15, 0.2) is 0 Å². The summed E-state index contributed by atoms with van der Waals surface area (Å²) in [4.78, 5) is 0. The van der Waals surface area contributed by atoms with Gasteiger partial charge in [-0.1, -0.05) is 12.8 Å². The first-order valence-electron chi connectivity index (χ1n) is 1.87. The van der Waals surface area contributed by atoms with E-state index in [4.69, 9.17) is 6.42 Å². The van der Waals surface area contributed by atoms with Gasteiger partial charge in [-0.3, -0.25) is 0 Å². The van der Waals surface area contributed by atoms with Crippen LogP contribution in [-0.4, -0.2) is 6.17 Å². The Hall–Kier alpha value is -0.510. The number of hydrogen-bond donors (Lipinski definition) is 0. The van der Waals surface area contributed by atoms with Gasteiger partial charge in [-0.05, 0) is 12.8 Å². The van der Waals surface area contributed by atoms with Gasteiger partial charge < -0.3 is 0 Å². The van der Waals surface area contributed by atoms with Crippen LogP contribution in [0, 0.1) is 12.3 Å². The predicted molar refractivity (Wildman–Crippen MR) is 22.3 cm³/mol. The summed E-state index contributed by atoms with van der Waals surface area (Å²) in [6.07, 6.45) is 5.40. The van der Waals surface area contributed by atoms with Crippen molar-refractivity contribution in [1.82, 2.24) is 0 Å². The minimum Gasteiger partial charge on any atom is -0.233 e. The lowest BCUT2D eigenvalue weighted by Gasteiger charge is -1.85. The fourth-order valence-corrected chi connectivity index (χ4v) is 0.102. The number of rotatable bonds is 1. The third-order valence-corrected chi connectivity index (χ3v) is 0.515. The van der Waals surface area contributed by atoms with Gasteiger partial charge >= 0.3 is 0 Å². The van der Waals surface area contributed by atoms with Crippen molar-refractivity contribution in [1.29, 1.82) is 0 Å². The van der Waals surface area contributed by atoms with E-state index in [-0.39, 0.29) is 0 Å². The molecule has 0 nitrogen and oxygen atoms in total. The van der Waals surface area contributed by atoms with Crippen molar-refractivity contribution in [2.24, 2.45) is 0 Å². The van der Waals surface area contributed by atoms with Crippen LogP contribution in [0.1, 0.15) is 13.3 Å². The fourth-order valence-electron chi connectivity index (χ4n) is 0.102. The van der Waals surface area contributed by atoms with Crippen LogP contribution in [0.2, 0.25) is 0 Å². The van der Waals surface area contributed by atoms with Gasteiger partial charge in [0.1, 0.15) is 0 Å². The first kappa shape index (κ1) is 5.49. The molecule has 0 aliphatic rings. The first-order valence-corrected chi connectivity index (χ1v) is 1.87. The fraction of sp³-hybridized carbons (Fsp3) is 0.600. The molecule has 0 saturated heterocycles. The average Bonchev–Trinajstić information content (AvgIpc) is 1.65. The zero-order valence-electron chi connectivity index (χ0n) is 3.66. The third-order valence-electron chi connectivity index (χ3n) is 0.515. The molecule has 0 fully saturated rings. The second-order valence-electron chi connectivity index (χ2n) is 1.02. The van der Waals surface area contributed by atoms with Crippen LogP contribution < -0.4 is 0 Å². The monoisotopic (exact) mass is 85.0 g/mol. The minimum atomic E-state index is -1.15. The number of hydrogen-bond acceptors (Lipinski definition) is 0. The van der Waals surface area contributed by atoms with Crippen molar-refractivity contribution in [2.45, 2.75) is 19.5 Å². The van der Waals surface area contributed by atoms with Crippen molar-refractivity contribution in [3.05, 3.63) is 6.42 Å². The highest BCUT2D eigenvalue weighted by Crippen LogP contribution is 1.90. The SMILES string of the molecule is [C]#CC(F)CC. The number of halogens is 1. The Morgan fingerprint density at radius 1 is 2.00 bits per heavy atom. The molecule has 1 unspecified atom stereocenters. The lowest BCUT2D eigenvalue weighted by atomic mass is 10.3. The van der Waals surface area contributed by atoms with E-state index in [0.717, 1.165) is 0 Å². The lowest BCUT2D eigenvalue weighted by molar-refractivity contribution is 0.403. The highest BCUT2D eigenvalue weighted by atomic mass is 19.1. The van der Waals surface area contributed by atoms with E-state index in [1.54, 1.807) is 12.8 Å². The van der Waals surface area contributed by atoms with Gasteiger partial charge in [-0.15, -0.1) is 0 Å². The maximum atomic E-state index is 11.6. The van der Waals surface area contributed by atoms with E-state index in [2.05, 4.69) is 0 Å². The molecule has 0 N–H and O–H groups in total. The van der Waals surface area contributed by atoms with Crippen LogP contribution >= 0.6 is 0 Å².